The number of halogens is 1. The normalized spacial score (nSPS) is 15.2. The first kappa shape index (κ1) is 24.8. The molecule has 1 heterocycles. The molecule has 1 aliphatic heterocycles. The summed E-state index contributed by atoms with van der Waals surface area (Å²) in [6, 6.07) is 8.81. The Balaban J connectivity index is 1.78. The van der Waals surface area contributed by atoms with Crippen molar-refractivity contribution in [2.24, 2.45) is 0 Å². The molecule has 2 aromatic carbocycles. The van der Waals surface area contributed by atoms with Crippen LogP contribution in [-0.4, -0.2) is 47.8 Å². The van der Waals surface area contributed by atoms with E-state index in [9.17, 15) is 14.4 Å². The number of carbonyl (C=O) groups is 3. The van der Waals surface area contributed by atoms with Gasteiger partial charge in [0, 0.05) is 31.3 Å². The molecule has 0 radical (unpaired) electrons. The van der Waals surface area contributed by atoms with Crippen LogP contribution < -0.4 is 14.8 Å². The molecule has 1 atom stereocenters. The summed E-state index contributed by atoms with van der Waals surface area (Å²) in [4.78, 5) is 39.2. The highest BCUT2D eigenvalue weighted by atomic mass is 19.1. The third kappa shape index (κ3) is 5.75. The van der Waals surface area contributed by atoms with E-state index in [0.717, 1.165) is 0 Å². The number of ether oxygens (including phenoxy) is 3. The van der Waals surface area contributed by atoms with Gasteiger partial charge in [0.25, 0.3) is 0 Å². The van der Waals surface area contributed by atoms with Gasteiger partial charge in [-0.1, -0.05) is 12.1 Å². The Morgan fingerprint density at radius 3 is 2.56 bits per heavy atom. The number of amides is 3. The van der Waals surface area contributed by atoms with Crippen LogP contribution in [0.25, 0.3) is 0 Å². The van der Waals surface area contributed by atoms with E-state index in [-0.39, 0.29) is 29.3 Å². The van der Waals surface area contributed by atoms with Crippen LogP contribution in [0.4, 0.5) is 24.5 Å². The predicted octanol–water partition coefficient (Wildman–Crippen LogP) is 5.31. The first-order chi connectivity index (χ1) is 15.9. The molecule has 3 amide bonds. The molecular formula is C24H28FN3O6. The molecule has 0 aromatic heterocycles. The SMILES string of the molecule is CC1c2ccc(OC(=O)N(C)C)cc2OC(=O)N1Cc1cccc(NC(=O)OC(C)(C)C)c1F. The van der Waals surface area contributed by atoms with Crippen molar-refractivity contribution in [2.45, 2.75) is 45.9 Å². The van der Waals surface area contributed by atoms with E-state index >= 15 is 4.39 Å². The first-order valence-corrected chi connectivity index (χ1v) is 10.6. The molecule has 182 valence electrons. The van der Waals surface area contributed by atoms with Gasteiger partial charge in [0.15, 0.2) is 5.82 Å². The third-order valence-corrected chi connectivity index (χ3v) is 4.96. The van der Waals surface area contributed by atoms with Crippen LogP contribution >= 0.6 is 0 Å². The van der Waals surface area contributed by atoms with Gasteiger partial charge in [-0.3, -0.25) is 10.2 Å². The molecule has 10 heteroatoms. The second kappa shape index (κ2) is 9.58. The molecule has 0 spiro atoms. The lowest BCUT2D eigenvalue weighted by atomic mass is 10.0. The van der Waals surface area contributed by atoms with Crippen molar-refractivity contribution >= 4 is 24.0 Å². The number of anilines is 1. The van der Waals surface area contributed by atoms with Crippen LogP contribution in [0, 0.1) is 5.82 Å². The smallest absolute Gasteiger partial charge is 0.416 e. The number of rotatable bonds is 4. The summed E-state index contributed by atoms with van der Waals surface area (Å²) >= 11 is 0. The molecule has 9 nitrogen and oxygen atoms in total. The highest BCUT2D eigenvalue weighted by Gasteiger charge is 2.33. The fraction of sp³-hybridized carbons (Fsp3) is 0.375. The highest BCUT2D eigenvalue weighted by molar-refractivity contribution is 5.85. The van der Waals surface area contributed by atoms with E-state index in [4.69, 9.17) is 14.2 Å². The number of hydrogen-bond acceptors (Lipinski definition) is 6. The van der Waals surface area contributed by atoms with Gasteiger partial charge in [0.05, 0.1) is 18.3 Å². The Bertz CT molecular complexity index is 1110. The van der Waals surface area contributed by atoms with E-state index < -0.39 is 35.7 Å². The molecule has 0 saturated heterocycles. The van der Waals surface area contributed by atoms with Gasteiger partial charge in [-0.05, 0) is 45.9 Å². The summed E-state index contributed by atoms with van der Waals surface area (Å²) in [7, 11) is 3.11. The molecule has 34 heavy (non-hydrogen) atoms. The minimum Gasteiger partial charge on any atom is -0.444 e. The second-order valence-electron chi connectivity index (χ2n) is 9.04. The van der Waals surface area contributed by atoms with Crippen LogP contribution in [0.5, 0.6) is 11.5 Å². The van der Waals surface area contributed by atoms with E-state index in [1.54, 1.807) is 60.0 Å². The van der Waals surface area contributed by atoms with Crippen LogP contribution in [0.2, 0.25) is 0 Å². The monoisotopic (exact) mass is 473 g/mol. The van der Waals surface area contributed by atoms with E-state index in [0.29, 0.717) is 5.56 Å². The Labute approximate surface area is 197 Å². The van der Waals surface area contributed by atoms with Crippen molar-refractivity contribution in [2.75, 3.05) is 19.4 Å². The number of benzene rings is 2. The molecule has 0 aliphatic carbocycles. The Morgan fingerprint density at radius 1 is 1.21 bits per heavy atom. The lowest BCUT2D eigenvalue weighted by Gasteiger charge is -2.34. The lowest BCUT2D eigenvalue weighted by molar-refractivity contribution is 0.0634. The van der Waals surface area contributed by atoms with Crippen LogP contribution in [0.3, 0.4) is 0 Å². The van der Waals surface area contributed by atoms with E-state index in [2.05, 4.69) is 5.32 Å². The zero-order chi connectivity index (χ0) is 25.2. The summed E-state index contributed by atoms with van der Waals surface area (Å²) in [5, 5.41) is 2.40. The first-order valence-electron chi connectivity index (χ1n) is 10.6. The van der Waals surface area contributed by atoms with E-state index in [1.165, 1.54) is 28.0 Å². The summed E-state index contributed by atoms with van der Waals surface area (Å²) in [5.74, 6) is -0.179. The van der Waals surface area contributed by atoms with Crippen molar-refractivity contribution in [3.63, 3.8) is 0 Å². The standard InChI is InChI=1S/C24H28FN3O6/c1-14-17-11-10-16(32-22(30)27(5)6)12-19(17)33-23(31)28(14)13-15-8-7-9-18(20(15)25)26-21(29)34-24(2,3)4/h7-12,14H,13H2,1-6H3,(H,26,29). The summed E-state index contributed by atoms with van der Waals surface area (Å²) in [5.41, 5.74) is 0.0750. The van der Waals surface area contributed by atoms with Crippen molar-refractivity contribution < 1.29 is 33.0 Å². The van der Waals surface area contributed by atoms with Crippen molar-refractivity contribution in [3.05, 3.63) is 53.3 Å². The van der Waals surface area contributed by atoms with Gasteiger partial charge in [-0.2, -0.15) is 0 Å². The zero-order valence-corrected chi connectivity index (χ0v) is 20.0. The maximum Gasteiger partial charge on any atom is 0.416 e. The summed E-state index contributed by atoms with van der Waals surface area (Å²) < 4.78 is 30.9. The maximum absolute atomic E-state index is 15.1. The molecule has 0 fully saturated rings. The van der Waals surface area contributed by atoms with Crippen molar-refractivity contribution in [1.82, 2.24) is 9.80 Å². The largest absolute Gasteiger partial charge is 0.444 e. The van der Waals surface area contributed by atoms with Gasteiger partial charge in [0.2, 0.25) is 0 Å². The number of fused-ring (bicyclic) bond motifs is 1. The third-order valence-electron chi connectivity index (χ3n) is 4.96. The molecule has 0 bridgehead atoms. The number of carbonyl (C=O) groups excluding carboxylic acids is 3. The number of nitrogens with one attached hydrogen (secondary N) is 1. The fourth-order valence-corrected chi connectivity index (χ4v) is 3.28. The fourth-order valence-electron chi connectivity index (χ4n) is 3.28. The van der Waals surface area contributed by atoms with Crippen molar-refractivity contribution in [1.29, 1.82) is 0 Å². The number of hydrogen-bond donors (Lipinski definition) is 1. The Hall–Kier alpha value is -3.82. The van der Waals surface area contributed by atoms with Crippen LogP contribution in [0.1, 0.15) is 44.9 Å². The average Bonchev–Trinajstić information content (AvgIpc) is 2.72. The van der Waals surface area contributed by atoms with Crippen LogP contribution in [-0.2, 0) is 11.3 Å². The quantitative estimate of drug-likeness (QED) is 0.646. The molecule has 1 unspecified atom stereocenters. The van der Waals surface area contributed by atoms with Gasteiger partial charge < -0.3 is 19.1 Å². The minimum absolute atomic E-state index is 0.0578. The number of nitrogens with zero attached hydrogens (tertiary/aromatic N) is 2. The molecule has 1 N–H and O–H groups in total. The summed E-state index contributed by atoms with van der Waals surface area (Å²) in [6.45, 7) is 6.80. The van der Waals surface area contributed by atoms with E-state index in [1.807, 2.05) is 0 Å². The highest BCUT2D eigenvalue weighted by Crippen LogP contribution is 2.38. The lowest BCUT2D eigenvalue weighted by Crippen LogP contribution is -2.39. The molecule has 3 rings (SSSR count). The second-order valence-corrected chi connectivity index (χ2v) is 9.04. The minimum atomic E-state index is -0.783. The average molecular weight is 474 g/mol. The van der Waals surface area contributed by atoms with Gasteiger partial charge in [-0.15, -0.1) is 0 Å². The molecule has 2 aromatic rings. The van der Waals surface area contributed by atoms with Crippen LogP contribution in [0.15, 0.2) is 36.4 Å². The maximum atomic E-state index is 15.1. The summed E-state index contributed by atoms with van der Waals surface area (Å²) in [6.07, 6.45) is -2.03. The van der Waals surface area contributed by atoms with Gasteiger partial charge in [0.1, 0.15) is 17.1 Å². The molecule has 0 saturated carbocycles. The zero-order valence-electron chi connectivity index (χ0n) is 20.0. The van der Waals surface area contributed by atoms with Gasteiger partial charge >= 0.3 is 18.3 Å². The molecule has 1 aliphatic rings. The molecular weight excluding hydrogens is 445 g/mol. The Kier molecular flexibility index (Phi) is 6.99. The topological polar surface area (TPSA) is 97.4 Å². The van der Waals surface area contributed by atoms with Gasteiger partial charge in [-0.25, -0.2) is 18.8 Å². The Morgan fingerprint density at radius 2 is 1.91 bits per heavy atom. The van der Waals surface area contributed by atoms with Crippen molar-refractivity contribution in [3.8, 4) is 11.5 Å². The predicted molar refractivity (Wildman–Crippen MR) is 122 cm³/mol.